The molecule has 0 aliphatic heterocycles. The minimum Gasteiger partial charge on any atom is -0.490 e. The Bertz CT molecular complexity index is 741. The molecular weight excluding hydrogens is 300 g/mol. The Kier molecular flexibility index (Phi) is 4.37. The van der Waals surface area contributed by atoms with Gasteiger partial charge in [-0.15, -0.1) is 0 Å². The largest absolute Gasteiger partial charge is 0.490 e. The number of aromatic amines is 1. The van der Waals surface area contributed by atoms with Crippen molar-refractivity contribution >= 4 is 0 Å². The second kappa shape index (κ2) is 6.80. The summed E-state index contributed by atoms with van der Waals surface area (Å²) in [6.07, 6.45) is 10.1. The zero-order valence-electron chi connectivity index (χ0n) is 14.0. The van der Waals surface area contributed by atoms with Gasteiger partial charge >= 0.3 is 0 Å². The van der Waals surface area contributed by atoms with Gasteiger partial charge < -0.3 is 4.74 Å². The molecule has 0 atom stereocenters. The molecule has 0 unspecified atom stereocenters. The first-order chi connectivity index (χ1) is 11.8. The van der Waals surface area contributed by atoms with Gasteiger partial charge in [0.15, 0.2) is 0 Å². The first-order valence-electron chi connectivity index (χ1n) is 9.16. The summed E-state index contributed by atoms with van der Waals surface area (Å²) in [4.78, 5) is 11.7. The summed E-state index contributed by atoms with van der Waals surface area (Å²) in [7, 11) is 0. The monoisotopic (exact) mass is 324 g/mol. The average Bonchev–Trinajstić information content (AvgIpc) is 2.57. The van der Waals surface area contributed by atoms with Crippen LogP contribution in [0.2, 0.25) is 0 Å². The Balaban J connectivity index is 1.56. The van der Waals surface area contributed by atoms with Gasteiger partial charge in [0.1, 0.15) is 5.75 Å². The third-order valence-electron chi connectivity index (χ3n) is 5.35. The van der Waals surface area contributed by atoms with E-state index >= 15 is 0 Å². The molecular formula is C20H24N2O2. The Morgan fingerprint density at radius 3 is 2.38 bits per heavy atom. The number of aromatic nitrogens is 2. The highest BCUT2D eigenvalue weighted by Crippen LogP contribution is 2.39. The molecule has 1 heterocycles. The van der Waals surface area contributed by atoms with Gasteiger partial charge in [0.25, 0.3) is 5.56 Å². The Hall–Kier alpha value is -2.10. The lowest BCUT2D eigenvalue weighted by molar-refractivity contribution is 0.155. The predicted octanol–water partition coefficient (Wildman–Crippen LogP) is 4.42. The van der Waals surface area contributed by atoms with E-state index in [4.69, 9.17) is 4.74 Å². The highest BCUT2D eigenvalue weighted by atomic mass is 16.5. The molecule has 2 aromatic rings. The van der Waals surface area contributed by atoms with Crippen molar-refractivity contribution in [3.8, 4) is 16.9 Å². The molecule has 0 saturated heterocycles. The fraction of sp³-hybridized carbons (Fsp3) is 0.500. The van der Waals surface area contributed by atoms with Crippen LogP contribution in [0.4, 0.5) is 0 Å². The van der Waals surface area contributed by atoms with Gasteiger partial charge in [-0.3, -0.25) is 4.79 Å². The summed E-state index contributed by atoms with van der Waals surface area (Å²) in [5.41, 5.74) is 2.90. The van der Waals surface area contributed by atoms with Crippen molar-refractivity contribution in [3.05, 3.63) is 46.4 Å². The zero-order valence-corrected chi connectivity index (χ0v) is 14.0. The summed E-state index contributed by atoms with van der Waals surface area (Å²) in [5.74, 6) is 1.41. The van der Waals surface area contributed by atoms with E-state index in [-0.39, 0.29) is 5.56 Å². The summed E-state index contributed by atoms with van der Waals surface area (Å²) in [5, 5.41) is 6.92. The van der Waals surface area contributed by atoms with Crippen molar-refractivity contribution in [2.75, 3.05) is 0 Å². The highest BCUT2D eigenvalue weighted by Gasteiger charge is 2.24. The maximum absolute atomic E-state index is 11.7. The van der Waals surface area contributed by atoms with E-state index in [0.717, 1.165) is 48.3 Å². The van der Waals surface area contributed by atoms with E-state index in [2.05, 4.69) is 22.3 Å². The van der Waals surface area contributed by atoms with Crippen molar-refractivity contribution < 1.29 is 4.74 Å². The summed E-state index contributed by atoms with van der Waals surface area (Å²) in [6, 6.07) is 9.83. The van der Waals surface area contributed by atoms with Crippen LogP contribution in [0.3, 0.4) is 0 Å². The second-order valence-corrected chi connectivity index (χ2v) is 7.06. The van der Waals surface area contributed by atoms with Crippen LogP contribution in [-0.2, 0) is 0 Å². The number of nitrogens with one attached hydrogen (secondary N) is 1. The van der Waals surface area contributed by atoms with Crippen LogP contribution in [0.1, 0.15) is 63.0 Å². The van der Waals surface area contributed by atoms with Crippen LogP contribution >= 0.6 is 0 Å². The normalized spacial score (nSPS) is 19.0. The maximum atomic E-state index is 11.7. The summed E-state index contributed by atoms with van der Waals surface area (Å²) in [6.45, 7) is 0. The molecule has 4 nitrogen and oxygen atoms in total. The topological polar surface area (TPSA) is 55.0 Å². The molecule has 0 radical (unpaired) electrons. The van der Waals surface area contributed by atoms with Crippen LogP contribution < -0.4 is 10.3 Å². The number of H-pyrrole nitrogens is 1. The van der Waals surface area contributed by atoms with Gasteiger partial charge in [-0.1, -0.05) is 25.0 Å². The van der Waals surface area contributed by atoms with Crippen molar-refractivity contribution in [1.29, 1.82) is 0 Å². The molecule has 4 rings (SSSR count). The van der Waals surface area contributed by atoms with Crippen LogP contribution in [0, 0.1) is 0 Å². The van der Waals surface area contributed by atoms with Gasteiger partial charge in [-0.2, -0.15) is 5.10 Å². The van der Waals surface area contributed by atoms with E-state index in [1.165, 1.54) is 25.7 Å². The molecule has 1 N–H and O–H groups in total. The van der Waals surface area contributed by atoms with Crippen LogP contribution in [-0.4, -0.2) is 16.3 Å². The van der Waals surface area contributed by atoms with Gasteiger partial charge in [0.2, 0.25) is 0 Å². The quantitative estimate of drug-likeness (QED) is 0.906. The smallest absolute Gasteiger partial charge is 0.264 e. The highest BCUT2D eigenvalue weighted by molar-refractivity contribution is 5.66. The van der Waals surface area contributed by atoms with Crippen molar-refractivity contribution in [1.82, 2.24) is 10.2 Å². The number of ether oxygens (including phenoxy) is 1. The molecule has 1 aromatic heterocycles. The van der Waals surface area contributed by atoms with E-state index < -0.39 is 0 Å². The zero-order chi connectivity index (χ0) is 16.4. The average molecular weight is 324 g/mol. The predicted molar refractivity (Wildman–Crippen MR) is 94.4 cm³/mol. The SMILES string of the molecule is O=c1cc(-c2ccc(OC3CCCCC3)cc2)c(C2CCC2)n[nH]1. The first-order valence-corrected chi connectivity index (χ1v) is 9.16. The lowest BCUT2D eigenvalue weighted by Gasteiger charge is -2.26. The molecule has 4 heteroatoms. The van der Waals surface area contributed by atoms with E-state index in [1.54, 1.807) is 6.07 Å². The molecule has 24 heavy (non-hydrogen) atoms. The molecule has 2 saturated carbocycles. The maximum Gasteiger partial charge on any atom is 0.264 e. The number of rotatable bonds is 4. The molecule has 1 aromatic carbocycles. The van der Waals surface area contributed by atoms with Gasteiger partial charge in [0.05, 0.1) is 11.8 Å². The number of benzene rings is 1. The number of hydrogen-bond donors (Lipinski definition) is 1. The first kappa shape index (κ1) is 15.4. The van der Waals surface area contributed by atoms with Crippen LogP contribution in [0.25, 0.3) is 11.1 Å². The van der Waals surface area contributed by atoms with E-state index in [0.29, 0.717) is 12.0 Å². The fourth-order valence-corrected chi connectivity index (χ4v) is 3.73. The molecule has 2 fully saturated rings. The minimum absolute atomic E-state index is 0.143. The van der Waals surface area contributed by atoms with Gasteiger partial charge in [-0.05, 0) is 56.2 Å². The van der Waals surface area contributed by atoms with Gasteiger partial charge in [0, 0.05) is 17.5 Å². The second-order valence-electron chi connectivity index (χ2n) is 7.06. The lowest BCUT2D eigenvalue weighted by Crippen LogP contribution is -2.19. The van der Waals surface area contributed by atoms with Crippen molar-refractivity contribution in [2.24, 2.45) is 0 Å². The Morgan fingerprint density at radius 2 is 1.71 bits per heavy atom. The Morgan fingerprint density at radius 1 is 0.958 bits per heavy atom. The standard InChI is InChI=1S/C20H24N2O2/c23-19-13-18(20(22-21-19)15-5-4-6-15)14-9-11-17(12-10-14)24-16-7-2-1-3-8-16/h9-13,15-16H,1-8H2,(H,21,23). The van der Waals surface area contributed by atoms with Crippen LogP contribution in [0.5, 0.6) is 5.75 Å². The Labute approximate surface area is 142 Å². The molecule has 126 valence electrons. The van der Waals surface area contributed by atoms with E-state index in [1.807, 2.05) is 12.1 Å². The molecule has 2 aliphatic rings. The van der Waals surface area contributed by atoms with Crippen LogP contribution in [0.15, 0.2) is 35.1 Å². The third-order valence-corrected chi connectivity index (χ3v) is 5.35. The van der Waals surface area contributed by atoms with Crippen molar-refractivity contribution in [3.63, 3.8) is 0 Å². The molecule has 0 amide bonds. The molecule has 0 bridgehead atoms. The minimum atomic E-state index is -0.143. The third kappa shape index (κ3) is 3.23. The number of hydrogen-bond acceptors (Lipinski definition) is 3. The lowest BCUT2D eigenvalue weighted by atomic mass is 9.80. The molecule has 2 aliphatic carbocycles. The van der Waals surface area contributed by atoms with Gasteiger partial charge in [-0.25, -0.2) is 5.10 Å². The van der Waals surface area contributed by atoms with Crippen molar-refractivity contribution in [2.45, 2.75) is 63.4 Å². The summed E-state index contributed by atoms with van der Waals surface area (Å²) >= 11 is 0. The number of nitrogens with zero attached hydrogens (tertiary/aromatic N) is 1. The summed E-state index contributed by atoms with van der Waals surface area (Å²) < 4.78 is 6.10. The fourth-order valence-electron chi connectivity index (χ4n) is 3.73. The van der Waals surface area contributed by atoms with E-state index in [9.17, 15) is 4.79 Å². The molecule has 0 spiro atoms.